The van der Waals surface area contributed by atoms with Gasteiger partial charge < -0.3 is 0 Å². The van der Waals surface area contributed by atoms with Gasteiger partial charge in [-0.15, -0.1) is 0 Å². The summed E-state index contributed by atoms with van der Waals surface area (Å²) in [6.45, 7) is 4.45. The van der Waals surface area contributed by atoms with E-state index in [0.717, 1.165) is 17.8 Å². The summed E-state index contributed by atoms with van der Waals surface area (Å²) in [7, 11) is 0. The molecular formula is C20H27Br. The molecule has 1 heteroatoms. The normalized spacial score (nSPS) is 38.7. The van der Waals surface area contributed by atoms with Crippen molar-refractivity contribution in [1.82, 2.24) is 0 Å². The van der Waals surface area contributed by atoms with Crippen molar-refractivity contribution < 1.29 is 0 Å². The summed E-state index contributed by atoms with van der Waals surface area (Å²) >= 11 is 4.15. The number of hydrogen-bond acceptors (Lipinski definition) is 0. The van der Waals surface area contributed by atoms with Crippen molar-refractivity contribution >= 4 is 15.9 Å². The first kappa shape index (κ1) is 14.3. The van der Waals surface area contributed by atoms with E-state index in [4.69, 9.17) is 0 Å². The van der Waals surface area contributed by atoms with Gasteiger partial charge in [0.15, 0.2) is 0 Å². The molecule has 5 rings (SSSR count). The number of halogens is 1. The lowest BCUT2D eigenvalue weighted by molar-refractivity contribution is -0.0522. The van der Waals surface area contributed by atoms with Crippen LogP contribution in [0.2, 0.25) is 0 Å². The molecule has 4 bridgehead atoms. The van der Waals surface area contributed by atoms with Crippen LogP contribution in [0.4, 0.5) is 0 Å². The van der Waals surface area contributed by atoms with Crippen LogP contribution in [-0.2, 0) is 6.42 Å². The number of benzene rings is 1. The van der Waals surface area contributed by atoms with Crippen molar-refractivity contribution in [2.75, 3.05) is 0 Å². The quantitative estimate of drug-likeness (QED) is 0.604. The molecule has 4 saturated carbocycles. The van der Waals surface area contributed by atoms with E-state index in [1.54, 1.807) is 19.3 Å². The molecular weight excluding hydrogens is 320 g/mol. The average Bonchev–Trinajstić information content (AvgIpc) is 2.41. The van der Waals surface area contributed by atoms with E-state index in [-0.39, 0.29) is 0 Å². The first-order chi connectivity index (χ1) is 10.0. The predicted octanol–water partition coefficient (Wildman–Crippen LogP) is 5.83. The number of alkyl halides is 1. The average molecular weight is 347 g/mol. The van der Waals surface area contributed by atoms with Crippen LogP contribution >= 0.6 is 15.9 Å². The van der Waals surface area contributed by atoms with Gasteiger partial charge in [-0.2, -0.15) is 0 Å². The zero-order chi connectivity index (χ0) is 14.6. The molecule has 0 saturated heterocycles. The van der Waals surface area contributed by atoms with Crippen LogP contribution in [0.15, 0.2) is 18.2 Å². The molecule has 21 heavy (non-hydrogen) atoms. The van der Waals surface area contributed by atoms with Gasteiger partial charge in [-0.05, 0) is 98.7 Å². The fraction of sp³-hybridized carbons (Fsp3) is 0.700. The molecule has 1 aromatic carbocycles. The van der Waals surface area contributed by atoms with E-state index in [9.17, 15) is 0 Å². The predicted molar refractivity (Wildman–Crippen MR) is 92.9 cm³/mol. The lowest BCUT2D eigenvalue weighted by atomic mass is 9.48. The monoisotopic (exact) mass is 346 g/mol. The van der Waals surface area contributed by atoms with Crippen molar-refractivity contribution in [3.8, 4) is 0 Å². The second-order valence-corrected chi connectivity index (χ2v) is 9.48. The maximum absolute atomic E-state index is 4.15. The van der Waals surface area contributed by atoms with Gasteiger partial charge in [0.1, 0.15) is 0 Å². The van der Waals surface area contributed by atoms with Gasteiger partial charge in [0, 0.05) is 4.83 Å². The third kappa shape index (κ3) is 2.50. The highest BCUT2D eigenvalue weighted by Gasteiger charge is 2.53. The topological polar surface area (TPSA) is 0 Å². The molecule has 0 spiro atoms. The van der Waals surface area contributed by atoms with Gasteiger partial charge in [-0.25, -0.2) is 0 Å². The van der Waals surface area contributed by atoms with Crippen molar-refractivity contribution in [3.05, 3.63) is 34.9 Å². The lowest BCUT2D eigenvalue weighted by Crippen LogP contribution is -2.50. The van der Waals surface area contributed by atoms with Crippen LogP contribution in [0, 0.1) is 37.0 Å². The Morgan fingerprint density at radius 1 is 1.00 bits per heavy atom. The molecule has 0 heterocycles. The van der Waals surface area contributed by atoms with Gasteiger partial charge in [0.2, 0.25) is 0 Å². The molecule has 1 unspecified atom stereocenters. The highest BCUT2D eigenvalue weighted by molar-refractivity contribution is 9.09. The van der Waals surface area contributed by atoms with Crippen molar-refractivity contribution in [1.29, 1.82) is 0 Å². The molecule has 4 aliphatic carbocycles. The van der Waals surface area contributed by atoms with E-state index in [0.29, 0.717) is 10.2 Å². The Bertz CT molecular complexity index is 509. The molecule has 0 aliphatic heterocycles. The first-order valence-electron chi connectivity index (χ1n) is 8.74. The minimum Gasteiger partial charge on any atom is -0.0881 e. The molecule has 0 aromatic heterocycles. The summed E-state index contributed by atoms with van der Waals surface area (Å²) in [6, 6.07) is 7.05. The molecule has 0 nitrogen and oxygen atoms in total. The van der Waals surface area contributed by atoms with Crippen LogP contribution in [0.5, 0.6) is 0 Å². The van der Waals surface area contributed by atoms with Crippen molar-refractivity contribution in [2.24, 2.45) is 23.2 Å². The Labute approximate surface area is 137 Å². The molecule has 114 valence electrons. The highest BCUT2D eigenvalue weighted by atomic mass is 79.9. The van der Waals surface area contributed by atoms with Crippen LogP contribution in [0.25, 0.3) is 0 Å². The number of hydrogen-bond donors (Lipinski definition) is 0. The van der Waals surface area contributed by atoms with E-state index < -0.39 is 0 Å². The SMILES string of the molecule is Cc1ccc(CC(Br)C23CC4CC(CC(C4)C2)C3)cc1C. The second kappa shape index (κ2) is 5.11. The fourth-order valence-corrected chi connectivity index (χ4v) is 6.85. The van der Waals surface area contributed by atoms with E-state index in [1.807, 2.05) is 0 Å². The maximum atomic E-state index is 4.15. The Hall–Kier alpha value is -0.300. The van der Waals surface area contributed by atoms with Crippen LogP contribution < -0.4 is 0 Å². The standard InChI is InChI=1S/C20H27Br/c1-13-3-4-15(5-14(13)2)9-19(21)20-10-16-6-17(11-20)8-18(7-16)12-20/h3-5,16-19H,6-12H2,1-2H3. The molecule has 4 fully saturated rings. The third-order valence-electron chi connectivity index (χ3n) is 6.74. The second-order valence-electron chi connectivity index (χ2n) is 8.37. The van der Waals surface area contributed by atoms with Gasteiger partial charge in [-0.3, -0.25) is 0 Å². The molecule has 0 N–H and O–H groups in total. The summed E-state index contributed by atoms with van der Waals surface area (Å²) in [5.41, 5.74) is 5.00. The lowest BCUT2D eigenvalue weighted by Gasteiger charge is -2.58. The van der Waals surface area contributed by atoms with Gasteiger partial charge >= 0.3 is 0 Å². The molecule has 1 aromatic rings. The van der Waals surface area contributed by atoms with Crippen LogP contribution in [-0.4, -0.2) is 4.83 Å². The summed E-state index contributed by atoms with van der Waals surface area (Å²) in [6.07, 6.45) is 10.3. The van der Waals surface area contributed by atoms with Gasteiger partial charge in [0.05, 0.1) is 0 Å². The maximum Gasteiger partial charge on any atom is 0.0242 e. The molecule has 4 aliphatic rings. The van der Waals surface area contributed by atoms with E-state index >= 15 is 0 Å². The van der Waals surface area contributed by atoms with Crippen LogP contribution in [0.1, 0.15) is 55.2 Å². The minimum atomic E-state index is 0.619. The summed E-state index contributed by atoms with van der Waals surface area (Å²) in [5, 5.41) is 0. The van der Waals surface area contributed by atoms with Crippen molar-refractivity contribution in [3.63, 3.8) is 0 Å². The Kier molecular flexibility index (Phi) is 3.48. The van der Waals surface area contributed by atoms with E-state index in [2.05, 4.69) is 48.0 Å². The van der Waals surface area contributed by atoms with Crippen molar-refractivity contribution in [2.45, 2.75) is 63.6 Å². The van der Waals surface area contributed by atoms with Gasteiger partial charge in [0.25, 0.3) is 0 Å². The Balaban J connectivity index is 1.54. The molecule has 0 amide bonds. The molecule has 1 atom stereocenters. The fourth-order valence-electron chi connectivity index (χ4n) is 5.92. The Morgan fingerprint density at radius 2 is 1.57 bits per heavy atom. The zero-order valence-corrected chi connectivity index (χ0v) is 15.0. The largest absolute Gasteiger partial charge is 0.0881 e. The Morgan fingerprint density at radius 3 is 2.10 bits per heavy atom. The first-order valence-corrected chi connectivity index (χ1v) is 9.66. The summed E-state index contributed by atoms with van der Waals surface area (Å²) in [5.74, 6) is 3.16. The van der Waals surface area contributed by atoms with Gasteiger partial charge in [-0.1, -0.05) is 34.1 Å². The zero-order valence-electron chi connectivity index (χ0n) is 13.4. The summed E-state index contributed by atoms with van der Waals surface area (Å²) in [4.78, 5) is 0.681. The smallest absolute Gasteiger partial charge is 0.0242 e. The highest BCUT2D eigenvalue weighted by Crippen LogP contribution is 2.62. The van der Waals surface area contributed by atoms with E-state index in [1.165, 1.54) is 42.4 Å². The minimum absolute atomic E-state index is 0.619. The number of aryl methyl sites for hydroxylation is 2. The summed E-state index contributed by atoms with van der Waals surface area (Å²) < 4.78 is 0. The molecule has 0 radical (unpaired) electrons. The van der Waals surface area contributed by atoms with Crippen LogP contribution in [0.3, 0.4) is 0 Å². The number of rotatable bonds is 3. The third-order valence-corrected chi connectivity index (χ3v) is 8.03.